The summed E-state index contributed by atoms with van der Waals surface area (Å²) in [5.41, 5.74) is 3.40. The van der Waals surface area contributed by atoms with Gasteiger partial charge in [-0.3, -0.25) is 9.48 Å². The summed E-state index contributed by atoms with van der Waals surface area (Å²) in [6.45, 7) is 2.12. The molecule has 142 valence electrons. The highest BCUT2D eigenvalue weighted by Crippen LogP contribution is 2.32. The molecule has 4 rings (SSSR count). The fourth-order valence-electron chi connectivity index (χ4n) is 3.12. The molecular weight excluding hydrogens is 380 g/mol. The second-order valence-corrected chi connectivity index (χ2v) is 7.01. The number of nitrogens with one attached hydrogen (secondary N) is 1. The molecule has 0 bridgehead atoms. The van der Waals surface area contributed by atoms with Crippen molar-refractivity contribution in [2.45, 2.75) is 19.5 Å². The Morgan fingerprint density at radius 3 is 2.86 bits per heavy atom. The lowest BCUT2D eigenvalue weighted by atomic mass is 10.0. The topological polar surface area (TPSA) is 93.0 Å². The fourth-order valence-corrected chi connectivity index (χ4v) is 3.32. The van der Waals surface area contributed by atoms with E-state index in [4.69, 9.17) is 11.6 Å². The van der Waals surface area contributed by atoms with Crippen molar-refractivity contribution in [2.75, 3.05) is 5.32 Å². The monoisotopic (exact) mass is 396 g/mol. The molecule has 1 aromatic carbocycles. The minimum Gasteiger partial charge on any atom is -0.325 e. The van der Waals surface area contributed by atoms with E-state index in [9.17, 15) is 9.59 Å². The van der Waals surface area contributed by atoms with E-state index in [0.29, 0.717) is 34.3 Å². The van der Waals surface area contributed by atoms with Gasteiger partial charge in [0.2, 0.25) is 5.95 Å². The second kappa shape index (κ2) is 7.05. The highest BCUT2D eigenvalue weighted by Gasteiger charge is 2.31. The zero-order valence-corrected chi connectivity index (χ0v) is 16.0. The standard InChI is InChI=1S/C19H17ClN6O2/c1-11(10-27)26-8-13-4-3-12(5-15(13)18(26)28)17-16(20)7-21-19(24-17)23-14-6-22-25(2)9-14/h3-7,9-11H,8H2,1-2H3,(H,21,23,24)/t11-/m1/s1. The molecule has 0 aliphatic carbocycles. The molecule has 3 heterocycles. The minimum absolute atomic E-state index is 0.171. The van der Waals surface area contributed by atoms with Crippen LogP contribution < -0.4 is 5.32 Å². The average molecular weight is 397 g/mol. The first-order chi connectivity index (χ1) is 13.5. The van der Waals surface area contributed by atoms with Gasteiger partial charge in [0.25, 0.3) is 5.91 Å². The van der Waals surface area contributed by atoms with Gasteiger partial charge in [-0.25, -0.2) is 9.97 Å². The highest BCUT2D eigenvalue weighted by atomic mass is 35.5. The van der Waals surface area contributed by atoms with E-state index in [0.717, 1.165) is 17.5 Å². The maximum absolute atomic E-state index is 12.7. The lowest BCUT2D eigenvalue weighted by Gasteiger charge is -2.18. The Bertz CT molecular complexity index is 1080. The third-order valence-electron chi connectivity index (χ3n) is 4.61. The smallest absolute Gasteiger partial charge is 0.255 e. The number of aldehydes is 1. The summed E-state index contributed by atoms with van der Waals surface area (Å²) < 4.78 is 1.66. The van der Waals surface area contributed by atoms with E-state index in [-0.39, 0.29) is 5.91 Å². The first-order valence-electron chi connectivity index (χ1n) is 8.64. The number of anilines is 2. The molecule has 0 fully saturated rings. The van der Waals surface area contributed by atoms with Crippen LogP contribution in [0.4, 0.5) is 11.6 Å². The van der Waals surface area contributed by atoms with E-state index in [1.807, 2.05) is 19.2 Å². The molecule has 0 spiro atoms. The highest BCUT2D eigenvalue weighted by molar-refractivity contribution is 6.33. The van der Waals surface area contributed by atoms with Crippen LogP contribution in [0.15, 0.2) is 36.8 Å². The molecule has 1 N–H and O–H groups in total. The molecule has 0 radical (unpaired) electrons. The number of carbonyl (C=O) groups is 2. The lowest BCUT2D eigenvalue weighted by Crippen LogP contribution is -2.34. The summed E-state index contributed by atoms with van der Waals surface area (Å²) in [6.07, 6.45) is 5.74. The zero-order chi connectivity index (χ0) is 19.8. The number of hydrogen-bond acceptors (Lipinski definition) is 6. The van der Waals surface area contributed by atoms with Crippen LogP contribution in [0.2, 0.25) is 5.02 Å². The fraction of sp³-hybridized carbons (Fsp3) is 0.211. The van der Waals surface area contributed by atoms with Crippen LogP contribution in [0.5, 0.6) is 0 Å². The number of carbonyl (C=O) groups excluding carboxylic acids is 2. The third-order valence-corrected chi connectivity index (χ3v) is 4.89. The quantitative estimate of drug-likeness (QED) is 0.666. The van der Waals surface area contributed by atoms with Crippen LogP contribution in [0.1, 0.15) is 22.8 Å². The summed E-state index contributed by atoms with van der Waals surface area (Å²) in [5.74, 6) is 0.200. The zero-order valence-electron chi connectivity index (χ0n) is 15.3. The maximum atomic E-state index is 12.7. The third kappa shape index (κ3) is 3.22. The molecule has 8 nitrogen and oxygen atoms in total. The summed E-state index contributed by atoms with van der Waals surface area (Å²) >= 11 is 6.32. The van der Waals surface area contributed by atoms with Gasteiger partial charge in [0.15, 0.2) is 0 Å². The Hall–Kier alpha value is -3.26. The van der Waals surface area contributed by atoms with Crippen LogP contribution in [0.3, 0.4) is 0 Å². The van der Waals surface area contributed by atoms with Gasteiger partial charge in [-0.2, -0.15) is 5.10 Å². The Morgan fingerprint density at radius 1 is 1.32 bits per heavy atom. The number of nitrogens with zero attached hydrogens (tertiary/aromatic N) is 5. The predicted molar refractivity (Wildman–Crippen MR) is 104 cm³/mol. The van der Waals surface area contributed by atoms with Crippen LogP contribution in [-0.4, -0.2) is 42.9 Å². The molecule has 3 aromatic rings. The molecule has 0 saturated carbocycles. The predicted octanol–water partition coefficient (Wildman–Crippen LogP) is 2.82. The van der Waals surface area contributed by atoms with Crippen molar-refractivity contribution in [1.82, 2.24) is 24.6 Å². The summed E-state index contributed by atoms with van der Waals surface area (Å²) in [6, 6.07) is 5.02. The Morgan fingerprint density at radius 2 is 2.14 bits per heavy atom. The summed E-state index contributed by atoms with van der Waals surface area (Å²) in [4.78, 5) is 34.0. The van der Waals surface area contributed by atoms with E-state index < -0.39 is 6.04 Å². The van der Waals surface area contributed by atoms with Gasteiger partial charge in [0, 0.05) is 30.9 Å². The van der Waals surface area contributed by atoms with Crippen LogP contribution in [0, 0.1) is 0 Å². The Labute approximate surface area is 166 Å². The molecule has 28 heavy (non-hydrogen) atoms. The van der Waals surface area contributed by atoms with Crippen molar-refractivity contribution in [3.63, 3.8) is 0 Å². The molecule has 1 aliphatic rings. The van der Waals surface area contributed by atoms with E-state index in [2.05, 4.69) is 20.4 Å². The molecule has 9 heteroatoms. The number of benzene rings is 1. The lowest BCUT2D eigenvalue weighted by molar-refractivity contribution is -0.111. The van der Waals surface area contributed by atoms with Crippen molar-refractivity contribution in [1.29, 1.82) is 0 Å². The van der Waals surface area contributed by atoms with E-state index >= 15 is 0 Å². The van der Waals surface area contributed by atoms with Crippen molar-refractivity contribution in [3.05, 3.63) is 52.9 Å². The SMILES string of the molecule is C[C@H](C=O)N1Cc2ccc(-c3nc(Nc4cnn(C)c4)ncc3Cl)cc2C1=O. The van der Waals surface area contributed by atoms with Crippen molar-refractivity contribution >= 4 is 35.4 Å². The van der Waals surface area contributed by atoms with Gasteiger partial charge in [-0.15, -0.1) is 0 Å². The molecule has 1 amide bonds. The van der Waals surface area contributed by atoms with Crippen molar-refractivity contribution in [2.24, 2.45) is 7.05 Å². The van der Waals surface area contributed by atoms with Gasteiger partial charge in [0.05, 0.1) is 34.8 Å². The van der Waals surface area contributed by atoms with Gasteiger partial charge in [0.1, 0.15) is 6.29 Å². The maximum Gasteiger partial charge on any atom is 0.255 e. The van der Waals surface area contributed by atoms with Gasteiger partial charge < -0.3 is 15.0 Å². The molecule has 2 aromatic heterocycles. The number of aryl methyl sites for hydroxylation is 1. The average Bonchev–Trinajstić information content (AvgIpc) is 3.25. The van der Waals surface area contributed by atoms with Crippen LogP contribution in [-0.2, 0) is 18.4 Å². The molecule has 0 saturated heterocycles. The number of amides is 1. The summed E-state index contributed by atoms with van der Waals surface area (Å²) in [7, 11) is 1.82. The number of aromatic nitrogens is 4. The second-order valence-electron chi connectivity index (χ2n) is 6.60. The van der Waals surface area contributed by atoms with Gasteiger partial charge in [-0.1, -0.05) is 23.7 Å². The van der Waals surface area contributed by atoms with Gasteiger partial charge >= 0.3 is 0 Å². The molecule has 1 atom stereocenters. The normalized spacial score (nSPS) is 14.1. The first-order valence-corrected chi connectivity index (χ1v) is 9.02. The van der Waals surface area contributed by atoms with E-state index in [1.165, 1.54) is 6.20 Å². The molecule has 0 unspecified atom stereocenters. The number of hydrogen-bond donors (Lipinski definition) is 1. The number of rotatable bonds is 5. The Balaban J connectivity index is 1.67. The van der Waals surface area contributed by atoms with Crippen LogP contribution >= 0.6 is 11.6 Å². The Kier molecular flexibility index (Phi) is 4.56. The largest absolute Gasteiger partial charge is 0.325 e. The number of fused-ring (bicyclic) bond motifs is 1. The summed E-state index contributed by atoms with van der Waals surface area (Å²) in [5, 5.41) is 7.54. The van der Waals surface area contributed by atoms with Crippen LogP contribution in [0.25, 0.3) is 11.3 Å². The van der Waals surface area contributed by atoms with Crippen molar-refractivity contribution in [3.8, 4) is 11.3 Å². The van der Waals surface area contributed by atoms with Crippen molar-refractivity contribution < 1.29 is 9.59 Å². The molecular formula is C19H17ClN6O2. The minimum atomic E-state index is -0.471. The van der Waals surface area contributed by atoms with E-state index in [1.54, 1.807) is 35.0 Å². The van der Waals surface area contributed by atoms with Gasteiger partial charge in [-0.05, 0) is 18.6 Å². The first kappa shape index (κ1) is 18.1. The number of halogens is 1. The molecule has 1 aliphatic heterocycles.